The molecule has 0 heterocycles. The van der Waals surface area contributed by atoms with E-state index in [2.05, 4.69) is 6.92 Å². The van der Waals surface area contributed by atoms with Crippen molar-refractivity contribution in [3.63, 3.8) is 0 Å². The Morgan fingerprint density at radius 1 is 1.29 bits per heavy atom. The first-order valence-corrected chi connectivity index (χ1v) is 6.72. The number of benzene rings is 1. The first-order chi connectivity index (χ1) is 8.26. The zero-order valence-electron chi connectivity index (χ0n) is 10.1. The second-order valence-electron chi connectivity index (χ2n) is 3.51. The predicted molar refractivity (Wildman–Crippen MR) is 73.0 cm³/mol. The molecule has 4 N–H and O–H groups in total. The van der Waals surface area contributed by atoms with E-state index in [0.717, 1.165) is 17.9 Å². The number of ether oxygens (including phenoxy) is 2. The zero-order chi connectivity index (χ0) is 12.5. The van der Waals surface area contributed by atoms with Crippen molar-refractivity contribution in [1.82, 2.24) is 0 Å². The smallest absolute Gasteiger partial charge is 0.146 e. The molecule has 1 atom stereocenters. The molecule has 1 aromatic rings. The molecule has 1 aromatic carbocycles. The highest BCUT2D eigenvalue weighted by atomic mass is 32.2. The lowest BCUT2D eigenvalue weighted by Gasteiger charge is -2.17. The van der Waals surface area contributed by atoms with Gasteiger partial charge in [-0.2, -0.15) is 0 Å². The number of hydrogen-bond donors (Lipinski definition) is 2. The molecule has 0 amide bonds. The summed E-state index contributed by atoms with van der Waals surface area (Å²) in [6.07, 6.45) is 0.918. The number of anilines is 1. The van der Waals surface area contributed by atoms with E-state index in [1.54, 1.807) is 11.8 Å². The van der Waals surface area contributed by atoms with Crippen LogP contribution in [0, 0.1) is 0 Å². The third-order valence-corrected chi connectivity index (χ3v) is 3.18. The SMILES string of the molecule is CCC(Oc1ccc(N)cc1)SCOCCN. The van der Waals surface area contributed by atoms with Crippen molar-refractivity contribution < 1.29 is 9.47 Å². The quantitative estimate of drug-likeness (QED) is 0.423. The van der Waals surface area contributed by atoms with Gasteiger partial charge in [0.15, 0.2) is 0 Å². The van der Waals surface area contributed by atoms with Gasteiger partial charge in [0.2, 0.25) is 0 Å². The molecule has 1 rings (SSSR count). The van der Waals surface area contributed by atoms with E-state index in [0.29, 0.717) is 19.1 Å². The predicted octanol–water partition coefficient (Wildman–Crippen LogP) is 2.05. The summed E-state index contributed by atoms with van der Waals surface area (Å²) in [7, 11) is 0. The Balaban J connectivity index is 2.33. The minimum atomic E-state index is 0.0939. The minimum absolute atomic E-state index is 0.0939. The standard InChI is InChI=1S/C12H20N2O2S/c1-2-12(17-9-15-8-7-13)16-11-5-3-10(14)4-6-11/h3-6,12H,2,7-9,13-14H2,1H3. The van der Waals surface area contributed by atoms with Crippen LogP contribution in [0.2, 0.25) is 0 Å². The number of rotatable bonds is 8. The van der Waals surface area contributed by atoms with Gasteiger partial charge in [0.05, 0.1) is 12.5 Å². The number of nitrogens with two attached hydrogens (primary N) is 2. The van der Waals surface area contributed by atoms with Gasteiger partial charge in [-0.25, -0.2) is 0 Å². The molecule has 0 radical (unpaired) electrons. The molecule has 0 fully saturated rings. The lowest BCUT2D eigenvalue weighted by Crippen LogP contribution is -2.14. The Morgan fingerprint density at radius 3 is 2.59 bits per heavy atom. The van der Waals surface area contributed by atoms with E-state index in [1.165, 1.54) is 0 Å². The van der Waals surface area contributed by atoms with E-state index in [9.17, 15) is 0 Å². The lowest BCUT2D eigenvalue weighted by atomic mass is 10.3. The summed E-state index contributed by atoms with van der Waals surface area (Å²) in [5.41, 5.74) is 11.8. The Labute approximate surface area is 107 Å². The van der Waals surface area contributed by atoms with Crippen LogP contribution in [0.3, 0.4) is 0 Å². The largest absolute Gasteiger partial charge is 0.480 e. The molecule has 17 heavy (non-hydrogen) atoms. The topological polar surface area (TPSA) is 70.5 Å². The Bertz CT molecular complexity index is 306. The summed E-state index contributed by atoms with van der Waals surface area (Å²) in [5.74, 6) is 1.43. The fourth-order valence-corrected chi connectivity index (χ4v) is 1.98. The molecular formula is C12H20N2O2S. The van der Waals surface area contributed by atoms with Crippen LogP contribution >= 0.6 is 11.8 Å². The fraction of sp³-hybridized carbons (Fsp3) is 0.500. The minimum Gasteiger partial charge on any atom is -0.480 e. The van der Waals surface area contributed by atoms with Crippen LogP contribution in [0.5, 0.6) is 5.75 Å². The van der Waals surface area contributed by atoms with Gasteiger partial charge < -0.3 is 20.9 Å². The molecule has 0 aliphatic carbocycles. The number of thioether (sulfide) groups is 1. The first-order valence-electron chi connectivity index (χ1n) is 5.68. The fourth-order valence-electron chi connectivity index (χ4n) is 1.20. The zero-order valence-corrected chi connectivity index (χ0v) is 10.9. The highest BCUT2D eigenvalue weighted by Crippen LogP contribution is 2.21. The second kappa shape index (κ2) is 8.22. The third-order valence-electron chi connectivity index (χ3n) is 2.08. The summed E-state index contributed by atoms with van der Waals surface area (Å²) >= 11 is 1.63. The van der Waals surface area contributed by atoms with Crippen LogP contribution in [0.4, 0.5) is 5.69 Å². The molecule has 96 valence electrons. The molecular weight excluding hydrogens is 236 g/mol. The van der Waals surface area contributed by atoms with Crippen LogP contribution in [-0.4, -0.2) is 24.5 Å². The van der Waals surface area contributed by atoms with Crippen molar-refractivity contribution in [1.29, 1.82) is 0 Å². The molecule has 0 aromatic heterocycles. The molecule has 0 aliphatic rings. The summed E-state index contributed by atoms with van der Waals surface area (Å²) in [6.45, 7) is 3.22. The molecule has 5 heteroatoms. The molecule has 0 bridgehead atoms. The third kappa shape index (κ3) is 5.81. The van der Waals surface area contributed by atoms with E-state index < -0.39 is 0 Å². The van der Waals surface area contributed by atoms with E-state index in [-0.39, 0.29) is 5.44 Å². The lowest BCUT2D eigenvalue weighted by molar-refractivity contribution is 0.187. The molecule has 1 unspecified atom stereocenters. The summed E-state index contributed by atoms with van der Waals surface area (Å²) in [5, 5.41) is 0. The molecule has 0 saturated carbocycles. The van der Waals surface area contributed by atoms with Crippen molar-refractivity contribution >= 4 is 17.4 Å². The van der Waals surface area contributed by atoms with Gasteiger partial charge in [-0.15, -0.1) is 0 Å². The van der Waals surface area contributed by atoms with Gasteiger partial charge in [0.1, 0.15) is 11.2 Å². The van der Waals surface area contributed by atoms with Crippen LogP contribution in [-0.2, 0) is 4.74 Å². The van der Waals surface area contributed by atoms with Crippen LogP contribution in [0.15, 0.2) is 24.3 Å². The van der Waals surface area contributed by atoms with Crippen molar-refractivity contribution in [2.75, 3.05) is 24.8 Å². The van der Waals surface area contributed by atoms with Crippen LogP contribution < -0.4 is 16.2 Å². The van der Waals surface area contributed by atoms with Crippen LogP contribution in [0.1, 0.15) is 13.3 Å². The maximum atomic E-state index is 5.79. The molecule has 4 nitrogen and oxygen atoms in total. The van der Waals surface area contributed by atoms with Crippen molar-refractivity contribution in [2.45, 2.75) is 18.8 Å². The Kier molecular flexibility index (Phi) is 6.84. The van der Waals surface area contributed by atoms with Gasteiger partial charge in [-0.1, -0.05) is 18.7 Å². The van der Waals surface area contributed by atoms with Gasteiger partial charge in [-0.05, 0) is 30.7 Å². The summed E-state index contributed by atoms with van der Waals surface area (Å²) in [4.78, 5) is 0. The number of hydrogen-bond acceptors (Lipinski definition) is 5. The van der Waals surface area contributed by atoms with E-state index >= 15 is 0 Å². The van der Waals surface area contributed by atoms with Gasteiger partial charge in [0.25, 0.3) is 0 Å². The number of nitrogen functional groups attached to an aromatic ring is 1. The Morgan fingerprint density at radius 2 is 2.00 bits per heavy atom. The van der Waals surface area contributed by atoms with Crippen molar-refractivity contribution in [3.05, 3.63) is 24.3 Å². The summed E-state index contributed by atoms with van der Waals surface area (Å²) in [6, 6.07) is 7.41. The van der Waals surface area contributed by atoms with Gasteiger partial charge in [-0.3, -0.25) is 0 Å². The average Bonchev–Trinajstić information content (AvgIpc) is 2.35. The van der Waals surface area contributed by atoms with Crippen molar-refractivity contribution in [3.8, 4) is 5.75 Å². The van der Waals surface area contributed by atoms with E-state index in [4.69, 9.17) is 20.9 Å². The molecule has 0 aliphatic heterocycles. The normalized spacial score (nSPS) is 12.4. The van der Waals surface area contributed by atoms with Gasteiger partial charge >= 0.3 is 0 Å². The summed E-state index contributed by atoms with van der Waals surface area (Å²) < 4.78 is 11.1. The van der Waals surface area contributed by atoms with Crippen LogP contribution in [0.25, 0.3) is 0 Å². The second-order valence-corrected chi connectivity index (χ2v) is 4.60. The highest BCUT2D eigenvalue weighted by molar-refractivity contribution is 7.99. The maximum Gasteiger partial charge on any atom is 0.146 e. The monoisotopic (exact) mass is 256 g/mol. The van der Waals surface area contributed by atoms with Crippen molar-refractivity contribution in [2.24, 2.45) is 5.73 Å². The maximum absolute atomic E-state index is 5.79. The highest BCUT2D eigenvalue weighted by Gasteiger charge is 2.08. The molecule has 0 saturated heterocycles. The average molecular weight is 256 g/mol. The molecule has 0 spiro atoms. The van der Waals surface area contributed by atoms with Gasteiger partial charge in [0, 0.05) is 12.2 Å². The first kappa shape index (κ1) is 14.2. The van der Waals surface area contributed by atoms with E-state index in [1.807, 2.05) is 24.3 Å². The Hall–Kier alpha value is -0.910.